The molecule has 0 saturated heterocycles. The molecule has 0 aromatic heterocycles. The number of fused-ring (bicyclic) bond motifs is 9. The zero-order valence-electron chi connectivity index (χ0n) is 36.7. The lowest BCUT2D eigenvalue weighted by molar-refractivity contribution is 0.660. The molecule has 0 fully saturated rings. The number of hydrogen-bond donors (Lipinski definition) is 1. The first-order valence-electron chi connectivity index (χ1n) is 22.5. The smallest absolute Gasteiger partial charge is 0.197 e. The average molecular weight is 808 g/mol. The van der Waals surface area contributed by atoms with E-state index in [1.165, 1.54) is 106 Å². The van der Waals surface area contributed by atoms with Crippen molar-refractivity contribution in [3.05, 3.63) is 202 Å². The van der Waals surface area contributed by atoms with Gasteiger partial charge in [-0.2, -0.15) is 0 Å². The van der Waals surface area contributed by atoms with E-state index in [1.54, 1.807) is 0 Å². The normalized spacial score (nSPS) is 16.4. The van der Waals surface area contributed by atoms with Crippen molar-refractivity contribution in [2.24, 2.45) is 0 Å². The van der Waals surface area contributed by atoms with Crippen molar-refractivity contribution in [2.75, 3.05) is 10.6 Å². The Bertz CT molecular complexity index is 3320. The molecule has 12 rings (SSSR count). The molecule has 0 bridgehead atoms. The highest BCUT2D eigenvalue weighted by Gasteiger charge is 2.43. The van der Waals surface area contributed by atoms with Gasteiger partial charge >= 0.3 is 0 Å². The summed E-state index contributed by atoms with van der Waals surface area (Å²) in [6.07, 6.45) is 11.5. The Morgan fingerprint density at radius 1 is 0.556 bits per heavy atom. The molecule has 7 aromatic rings. The molecule has 2 N–H and O–H groups in total. The topological polar surface area (TPSA) is 29.3 Å². The van der Waals surface area contributed by atoms with Crippen molar-refractivity contribution in [1.29, 1.82) is 0 Å². The summed E-state index contributed by atoms with van der Waals surface area (Å²) in [5.74, 6) is 6.67. The molecule has 1 radical (unpaired) electrons. The highest BCUT2D eigenvalue weighted by molar-refractivity contribution is 6.73. The van der Waals surface area contributed by atoms with Crippen LogP contribution in [0.25, 0.3) is 44.5 Å². The summed E-state index contributed by atoms with van der Waals surface area (Å²) in [7, 11) is 2.48. The van der Waals surface area contributed by atoms with Crippen molar-refractivity contribution in [1.82, 2.24) is 0 Å². The van der Waals surface area contributed by atoms with Crippen LogP contribution in [-0.4, -0.2) is 7.28 Å². The first-order valence-corrected chi connectivity index (χ1v) is 22.5. The molecule has 1 heterocycles. The van der Waals surface area contributed by atoms with E-state index in [9.17, 15) is 0 Å². The molecule has 1 aliphatic heterocycles. The molecule has 4 aliphatic carbocycles. The number of nitrogens with zero attached hydrogens (tertiary/aromatic N) is 1. The van der Waals surface area contributed by atoms with Crippen molar-refractivity contribution in [3.8, 4) is 45.2 Å². The summed E-state index contributed by atoms with van der Waals surface area (Å²) in [4.78, 5) is 2.59. The van der Waals surface area contributed by atoms with E-state index in [0.29, 0.717) is 6.42 Å². The second-order valence-electron chi connectivity index (χ2n) is 19.0. The zero-order valence-corrected chi connectivity index (χ0v) is 36.7. The number of allylic oxidation sites excluding steroid dienone is 5. The maximum atomic E-state index is 7.64. The molecule has 0 spiro atoms. The van der Waals surface area contributed by atoms with E-state index in [0.717, 1.165) is 35.3 Å². The largest absolute Gasteiger partial charge is 0.398 e. The van der Waals surface area contributed by atoms with Gasteiger partial charge in [0, 0.05) is 57.4 Å². The number of benzene rings is 7. The maximum Gasteiger partial charge on any atom is 0.197 e. The van der Waals surface area contributed by atoms with Crippen LogP contribution < -0.4 is 21.6 Å². The summed E-state index contributed by atoms with van der Waals surface area (Å²) >= 11 is 0. The first-order chi connectivity index (χ1) is 30.6. The molecule has 5 aliphatic rings. The zero-order chi connectivity index (χ0) is 42.8. The summed E-state index contributed by atoms with van der Waals surface area (Å²) in [6, 6.07) is 48.0. The van der Waals surface area contributed by atoms with Crippen LogP contribution in [0.3, 0.4) is 0 Å². The van der Waals surface area contributed by atoms with Gasteiger partial charge in [0.25, 0.3) is 0 Å². The quantitative estimate of drug-likeness (QED) is 0.109. The molecule has 0 saturated carbocycles. The Morgan fingerprint density at radius 2 is 1.24 bits per heavy atom. The minimum atomic E-state index is -0.262. The number of aryl methyl sites for hydroxylation is 1. The predicted octanol–water partition coefficient (Wildman–Crippen LogP) is 13.0. The van der Waals surface area contributed by atoms with Gasteiger partial charge in [-0.25, -0.2) is 0 Å². The third kappa shape index (κ3) is 5.47. The Hall–Kier alpha value is -7.02. The molecule has 3 heteroatoms. The van der Waals surface area contributed by atoms with Crippen LogP contribution in [0.4, 0.5) is 22.7 Å². The van der Waals surface area contributed by atoms with Crippen LogP contribution in [0.15, 0.2) is 152 Å². The van der Waals surface area contributed by atoms with Gasteiger partial charge in [-0.15, -0.1) is 0 Å². The van der Waals surface area contributed by atoms with Crippen LogP contribution in [0.5, 0.6) is 0 Å². The summed E-state index contributed by atoms with van der Waals surface area (Å²) < 4.78 is 0. The SMILES string of the molecule is Cc1ccc(N2c3cc4c(cc3[B]c3c2cc2c(c3-c3cccc(C5=CCc6ccccc65)c3N)-c3ccccc3C2(C)C)-c2ccccc2C4(C)C)c(C2=CCC#CCC=C2)c1. The third-order valence-corrected chi connectivity index (χ3v) is 14.7. The van der Waals surface area contributed by atoms with Crippen molar-refractivity contribution < 1.29 is 0 Å². The van der Waals surface area contributed by atoms with Crippen LogP contribution in [-0.2, 0) is 17.3 Å². The third-order valence-electron chi connectivity index (χ3n) is 14.7. The van der Waals surface area contributed by atoms with Gasteiger partial charge in [-0.1, -0.05) is 178 Å². The van der Waals surface area contributed by atoms with Crippen LogP contribution in [0.2, 0.25) is 0 Å². The summed E-state index contributed by atoms with van der Waals surface area (Å²) in [5.41, 5.74) is 35.3. The number of hydrogen-bond acceptors (Lipinski definition) is 2. The van der Waals surface area contributed by atoms with Gasteiger partial charge in [0.15, 0.2) is 7.28 Å². The van der Waals surface area contributed by atoms with Gasteiger partial charge in [0.2, 0.25) is 0 Å². The van der Waals surface area contributed by atoms with Gasteiger partial charge < -0.3 is 10.6 Å². The lowest BCUT2D eigenvalue weighted by Crippen LogP contribution is -2.42. The van der Waals surface area contributed by atoms with E-state index < -0.39 is 0 Å². The van der Waals surface area contributed by atoms with E-state index >= 15 is 0 Å². The summed E-state index contributed by atoms with van der Waals surface area (Å²) in [6.45, 7) is 11.8. The van der Waals surface area contributed by atoms with E-state index in [1.807, 2.05) is 0 Å². The van der Waals surface area contributed by atoms with E-state index in [2.05, 4.69) is 210 Å². The molecule has 63 heavy (non-hydrogen) atoms. The lowest BCUT2D eigenvalue weighted by Gasteiger charge is -2.39. The second kappa shape index (κ2) is 13.7. The van der Waals surface area contributed by atoms with Crippen LogP contribution in [0, 0.1) is 18.8 Å². The number of nitrogen functional groups attached to an aromatic ring is 1. The fourth-order valence-electron chi connectivity index (χ4n) is 11.5. The van der Waals surface area contributed by atoms with Crippen molar-refractivity contribution in [2.45, 2.75) is 64.7 Å². The Morgan fingerprint density at radius 3 is 2.08 bits per heavy atom. The number of rotatable bonds is 4. The van der Waals surface area contributed by atoms with Gasteiger partial charge in [0.1, 0.15) is 0 Å². The van der Waals surface area contributed by atoms with Crippen LogP contribution in [0.1, 0.15) is 90.6 Å². The van der Waals surface area contributed by atoms with Gasteiger partial charge in [0.05, 0.1) is 5.69 Å². The number of para-hydroxylation sites is 1. The fourth-order valence-corrected chi connectivity index (χ4v) is 11.5. The highest BCUT2D eigenvalue weighted by Crippen LogP contribution is 2.57. The van der Waals surface area contributed by atoms with Crippen LogP contribution >= 0.6 is 0 Å². The molecule has 7 aromatic carbocycles. The van der Waals surface area contributed by atoms with E-state index in [-0.39, 0.29) is 10.8 Å². The predicted molar refractivity (Wildman–Crippen MR) is 267 cm³/mol. The molecule has 2 nitrogen and oxygen atoms in total. The molecule has 301 valence electrons. The minimum absolute atomic E-state index is 0.165. The first kappa shape index (κ1) is 37.7. The molecule has 0 amide bonds. The fraction of sp³-hybridized carbons (Fsp3) is 0.167. The molecular weight excluding hydrogens is 759 g/mol. The Labute approximate surface area is 372 Å². The van der Waals surface area contributed by atoms with Crippen molar-refractivity contribution in [3.63, 3.8) is 0 Å². The van der Waals surface area contributed by atoms with Crippen molar-refractivity contribution >= 4 is 52.1 Å². The molecule has 0 unspecified atom stereocenters. The molecule has 0 atom stereocenters. The molecular formula is C60H48BN2. The van der Waals surface area contributed by atoms with Gasteiger partial charge in [-0.3, -0.25) is 0 Å². The minimum Gasteiger partial charge on any atom is -0.398 e. The monoisotopic (exact) mass is 807 g/mol. The number of anilines is 4. The second-order valence-corrected chi connectivity index (χ2v) is 19.0. The highest BCUT2D eigenvalue weighted by atomic mass is 15.2. The standard InChI is InChI=1S/C60H48BN2/c1-36-28-31-52(45(32-36)37-18-9-7-6-8-10-19-37)63-53-34-49-46(41-22-13-15-26-47(41)59(49,2)3)33-51(53)61-57-54(63)35-50-55(43-23-14-16-27-48(43)60(50,4)5)56(57)44-25-17-24-42(58(44)62)40-30-29-38-20-11-12-21-39(38)40/h9,11-28,30-35H,7,10,29,62H2,1-5H3. The lowest BCUT2D eigenvalue weighted by atomic mass is 9.56. The number of nitrogens with two attached hydrogens (primary N) is 1. The van der Waals surface area contributed by atoms with Gasteiger partial charge in [-0.05, 0) is 115 Å². The average Bonchev–Trinajstić information content (AvgIpc) is 3.88. The summed E-state index contributed by atoms with van der Waals surface area (Å²) in [5, 5.41) is 0. The maximum absolute atomic E-state index is 7.64. The Balaban J connectivity index is 1.19. The van der Waals surface area contributed by atoms with E-state index in [4.69, 9.17) is 5.73 Å². The Kier molecular flexibility index (Phi) is 8.23.